The fourth-order valence-corrected chi connectivity index (χ4v) is 3.12. The van der Waals surface area contributed by atoms with Crippen LogP contribution in [-0.4, -0.2) is 11.1 Å². The molecule has 0 aromatic carbocycles. The van der Waals surface area contributed by atoms with Crippen molar-refractivity contribution in [1.82, 2.24) is 0 Å². The Morgan fingerprint density at radius 2 is 0.842 bits per heavy atom. The van der Waals surface area contributed by atoms with Crippen LogP contribution in [0.15, 0.2) is 0 Å². The van der Waals surface area contributed by atoms with Crippen molar-refractivity contribution in [2.45, 2.75) is 96.3 Å². The Kier molecular flexibility index (Phi) is 9.84. The molecule has 112 valence electrons. The first-order valence-corrected chi connectivity index (χ1v) is 8.53. The molecule has 0 aliphatic heterocycles. The molecule has 0 aromatic rings. The van der Waals surface area contributed by atoms with Crippen molar-refractivity contribution < 1.29 is 9.90 Å². The van der Waals surface area contributed by atoms with Gasteiger partial charge in [0.25, 0.3) is 0 Å². The Morgan fingerprint density at radius 3 is 1.11 bits per heavy atom. The van der Waals surface area contributed by atoms with Gasteiger partial charge in [0, 0.05) is 0 Å². The molecule has 1 aliphatic carbocycles. The Balaban J connectivity index is 2.25. The number of carboxylic acids is 1. The second-order valence-corrected chi connectivity index (χ2v) is 6.21. The van der Waals surface area contributed by atoms with Gasteiger partial charge in [0.15, 0.2) is 0 Å². The fraction of sp³-hybridized carbons (Fsp3) is 0.941. The molecule has 19 heavy (non-hydrogen) atoms. The zero-order chi connectivity index (χ0) is 13.8. The molecule has 0 unspecified atom stereocenters. The normalized spacial score (nSPS) is 22.9. The molecule has 2 heteroatoms. The summed E-state index contributed by atoms with van der Waals surface area (Å²) in [7, 11) is 0. The molecular formula is C17H32O2. The average molecular weight is 268 g/mol. The van der Waals surface area contributed by atoms with Crippen molar-refractivity contribution in [2.24, 2.45) is 5.92 Å². The Labute approximate surface area is 119 Å². The van der Waals surface area contributed by atoms with Crippen LogP contribution in [0, 0.1) is 5.92 Å². The number of hydrogen-bond donors (Lipinski definition) is 1. The first-order chi connectivity index (χ1) is 9.30. The van der Waals surface area contributed by atoms with Crippen LogP contribution in [0.25, 0.3) is 0 Å². The van der Waals surface area contributed by atoms with Gasteiger partial charge >= 0.3 is 5.97 Å². The summed E-state index contributed by atoms with van der Waals surface area (Å²) in [5.74, 6) is -0.644. The molecule has 0 heterocycles. The standard InChI is InChI=1S/C17H32O2/c18-17(19)16-14-12-10-8-6-4-2-1-3-5-7-9-11-13-15-16/h16H,1-15H2,(H,18,19). The maximum Gasteiger partial charge on any atom is 0.306 e. The third-order valence-corrected chi connectivity index (χ3v) is 4.45. The van der Waals surface area contributed by atoms with E-state index < -0.39 is 5.97 Å². The molecule has 0 spiro atoms. The summed E-state index contributed by atoms with van der Waals surface area (Å²) >= 11 is 0. The lowest BCUT2D eigenvalue weighted by molar-refractivity contribution is -0.142. The van der Waals surface area contributed by atoms with E-state index in [2.05, 4.69) is 0 Å². The van der Waals surface area contributed by atoms with Gasteiger partial charge in [0.05, 0.1) is 5.92 Å². The molecule has 1 fully saturated rings. The molecule has 0 radical (unpaired) electrons. The van der Waals surface area contributed by atoms with Gasteiger partial charge in [0.2, 0.25) is 0 Å². The number of aliphatic carboxylic acids is 1. The number of hydrogen-bond acceptors (Lipinski definition) is 1. The van der Waals surface area contributed by atoms with Gasteiger partial charge in [-0.25, -0.2) is 0 Å². The first kappa shape index (κ1) is 16.5. The zero-order valence-corrected chi connectivity index (χ0v) is 12.5. The van der Waals surface area contributed by atoms with Gasteiger partial charge in [-0.15, -0.1) is 0 Å². The molecule has 0 amide bonds. The van der Waals surface area contributed by atoms with Crippen molar-refractivity contribution >= 4 is 5.97 Å². The topological polar surface area (TPSA) is 37.3 Å². The third-order valence-electron chi connectivity index (χ3n) is 4.45. The SMILES string of the molecule is O=C(O)C1CCCCCCCCCCCCCCC1. The van der Waals surface area contributed by atoms with Gasteiger partial charge < -0.3 is 5.11 Å². The summed E-state index contributed by atoms with van der Waals surface area (Å²) in [6, 6.07) is 0. The van der Waals surface area contributed by atoms with E-state index in [9.17, 15) is 9.90 Å². The second kappa shape index (κ2) is 11.3. The third kappa shape index (κ3) is 9.07. The lowest BCUT2D eigenvalue weighted by Gasteiger charge is -2.12. The zero-order valence-electron chi connectivity index (χ0n) is 12.5. The summed E-state index contributed by atoms with van der Waals surface area (Å²) in [6.45, 7) is 0. The van der Waals surface area contributed by atoms with Crippen LogP contribution in [-0.2, 0) is 4.79 Å². The minimum Gasteiger partial charge on any atom is -0.481 e. The molecule has 1 N–H and O–H groups in total. The van der Waals surface area contributed by atoms with E-state index in [0.717, 1.165) is 25.7 Å². The van der Waals surface area contributed by atoms with Crippen molar-refractivity contribution in [3.63, 3.8) is 0 Å². The van der Waals surface area contributed by atoms with Crippen molar-refractivity contribution in [2.75, 3.05) is 0 Å². The largest absolute Gasteiger partial charge is 0.481 e. The molecule has 2 nitrogen and oxygen atoms in total. The van der Waals surface area contributed by atoms with Crippen LogP contribution in [0.3, 0.4) is 0 Å². The van der Waals surface area contributed by atoms with E-state index in [1.165, 1.54) is 70.6 Å². The van der Waals surface area contributed by atoms with E-state index in [0.29, 0.717) is 0 Å². The Bertz CT molecular complexity index is 209. The highest BCUT2D eigenvalue weighted by Crippen LogP contribution is 2.20. The molecule has 0 atom stereocenters. The molecule has 1 aliphatic rings. The van der Waals surface area contributed by atoms with Crippen LogP contribution in [0.5, 0.6) is 0 Å². The highest BCUT2D eigenvalue weighted by Gasteiger charge is 2.16. The minimum atomic E-state index is -0.568. The van der Waals surface area contributed by atoms with Crippen LogP contribution in [0.4, 0.5) is 0 Å². The molecule has 0 saturated heterocycles. The van der Waals surface area contributed by atoms with E-state index in [1.54, 1.807) is 0 Å². The summed E-state index contributed by atoms with van der Waals surface area (Å²) < 4.78 is 0. The summed E-state index contributed by atoms with van der Waals surface area (Å²) in [6.07, 6.45) is 18.7. The summed E-state index contributed by atoms with van der Waals surface area (Å²) in [4.78, 5) is 11.2. The molecule has 1 saturated carbocycles. The minimum absolute atomic E-state index is 0.0760. The van der Waals surface area contributed by atoms with Gasteiger partial charge in [-0.05, 0) is 12.8 Å². The van der Waals surface area contributed by atoms with Crippen molar-refractivity contribution in [1.29, 1.82) is 0 Å². The van der Waals surface area contributed by atoms with Crippen LogP contribution in [0.2, 0.25) is 0 Å². The molecule has 0 bridgehead atoms. The van der Waals surface area contributed by atoms with Gasteiger partial charge in [0.1, 0.15) is 0 Å². The maximum atomic E-state index is 11.2. The number of rotatable bonds is 1. The van der Waals surface area contributed by atoms with Crippen LogP contribution in [0.1, 0.15) is 96.3 Å². The highest BCUT2D eigenvalue weighted by atomic mass is 16.4. The molecular weight excluding hydrogens is 236 g/mol. The Morgan fingerprint density at radius 1 is 0.579 bits per heavy atom. The molecule has 0 aromatic heterocycles. The number of carbonyl (C=O) groups is 1. The van der Waals surface area contributed by atoms with Crippen LogP contribution >= 0.6 is 0 Å². The van der Waals surface area contributed by atoms with Gasteiger partial charge in [-0.3, -0.25) is 4.79 Å². The maximum absolute atomic E-state index is 11.2. The summed E-state index contributed by atoms with van der Waals surface area (Å²) in [5.41, 5.74) is 0. The van der Waals surface area contributed by atoms with Gasteiger partial charge in [-0.1, -0.05) is 83.5 Å². The van der Waals surface area contributed by atoms with E-state index >= 15 is 0 Å². The lowest BCUT2D eigenvalue weighted by atomic mass is 9.94. The summed E-state index contributed by atoms with van der Waals surface area (Å²) in [5, 5.41) is 9.23. The van der Waals surface area contributed by atoms with E-state index in [-0.39, 0.29) is 5.92 Å². The second-order valence-electron chi connectivity index (χ2n) is 6.21. The van der Waals surface area contributed by atoms with Crippen molar-refractivity contribution in [3.05, 3.63) is 0 Å². The number of carboxylic acid groups (broad SMARTS) is 1. The predicted molar refractivity (Wildman–Crippen MR) is 80.4 cm³/mol. The van der Waals surface area contributed by atoms with E-state index in [1.807, 2.05) is 0 Å². The van der Waals surface area contributed by atoms with Crippen molar-refractivity contribution in [3.8, 4) is 0 Å². The highest BCUT2D eigenvalue weighted by molar-refractivity contribution is 5.69. The lowest BCUT2D eigenvalue weighted by Crippen LogP contribution is -2.13. The Hall–Kier alpha value is -0.530. The smallest absolute Gasteiger partial charge is 0.306 e. The molecule has 1 rings (SSSR count). The van der Waals surface area contributed by atoms with E-state index in [4.69, 9.17) is 0 Å². The van der Waals surface area contributed by atoms with Crippen LogP contribution < -0.4 is 0 Å². The van der Waals surface area contributed by atoms with Gasteiger partial charge in [-0.2, -0.15) is 0 Å². The fourth-order valence-electron chi connectivity index (χ4n) is 3.12. The predicted octanol–water partition coefficient (Wildman–Crippen LogP) is 5.55. The average Bonchev–Trinajstić information content (AvgIpc) is 2.38. The quantitative estimate of drug-likeness (QED) is 0.676. The monoisotopic (exact) mass is 268 g/mol. The first-order valence-electron chi connectivity index (χ1n) is 8.53.